The molecule has 134 valence electrons. The number of halogens is 1. The second kappa shape index (κ2) is 8.76. The van der Waals surface area contributed by atoms with Crippen molar-refractivity contribution < 1.29 is 4.79 Å². The molecule has 0 saturated carbocycles. The van der Waals surface area contributed by atoms with Gasteiger partial charge in [0.05, 0.1) is 15.1 Å². The van der Waals surface area contributed by atoms with Crippen molar-refractivity contribution in [3.8, 4) is 0 Å². The molecule has 0 saturated heterocycles. The normalized spacial score (nSPS) is 10.9. The first-order valence-corrected chi connectivity index (χ1v) is 9.61. The average Bonchev–Trinajstić information content (AvgIpc) is 3.19. The van der Waals surface area contributed by atoms with Gasteiger partial charge in [0.15, 0.2) is 5.13 Å². The number of aromatic nitrogens is 1. The van der Waals surface area contributed by atoms with E-state index in [0.717, 1.165) is 33.2 Å². The number of benzene rings is 1. The molecule has 3 rings (SSSR count). The van der Waals surface area contributed by atoms with Crippen LogP contribution in [0.4, 0.5) is 5.13 Å². The molecular weight excluding hydrogens is 374 g/mol. The number of anilines is 1. The summed E-state index contributed by atoms with van der Waals surface area (Å²) >= 11 is 3.07. The van der Waals surface area contributed by atoms with Crippen LogP contribution in [0.15, 0.2) is 35.7 Å². The maximum atomic E-state index is 12.9. The minimum absolute atomic E-state index is 0. The first-order valence-electron chi connectivity index (χ1n) is 7.92. The fourth-order valence-electron chi connectivity index (χ4n) is 2.50. The van der Waals surface area contributed by atoms with E-state index in [2.05, 4.69) is 24.0 Å². The van der Waals surface area contributed by atoms with Gasteiger partial charge in [-0.3, -0.25) is 9.69 Å². The summed E-state index contributed by atoms with van der Waals surface area (Å²) in [5.74, 6) is 0.0412. The molecule has 7 heteroatoms. The lowest BCUT2D eigenvalue weighted by molar-refractivity contribution is 0.0990. The second-order valence-corrected chi connectivity index (χ2v) is 8.02. The quantitative estimate of drug-likeness (QED) is 0.607. The van der Waals surface area contributed by atoms with Crippen LogP contribution in [0, 0.1) is 6.92 Å². The number of carbonyl (C=O) groups excluding carboxylic acids is 1. The van der Waals surface area contributed by atoms with Gasteiger partial charge in [-0.1, -0.05) is 23.5 Å². The van der Waals surface area contributed by atoms with Gasteiger partial charge in [0.1, 0.15) is 0 Å². The fraction of sp³-hybridized carbons (Fsp3) is 0.333. The molecule has 0 atom stereocenters. The molecule has 0 aliphatic carbocycles. The van der Waals surface area contributed by atoms with Crippen LogP contribution in [0.2, 0.25) is 0 Å². The molecule has 0 fully saturated rings. The lowest BCUT2D eigenvalue weighted by atomic mass is 10.2. The van der Waals surface area contributed by atoms with Crippen LogP contribution in [-0.2, 0) is 0 Å². The SMILES string of the molecule is Cc1ccc2nc(N(CCCN(C)C)C(=O)c3cccs3)sc2c1.Cl. The average molecular weight is 396 g/mol. The molecule has 3 aromatic rings. The lowest BCUT2D eigenvalue weighted by Crippen LogP contribution is -2.32. The summed E-state index contributed by atoms with van der Waals surface area (Å²) in [7, 11) is 4.10. The van der Waals surface area contributed by atoms with E-state index in [1.54, 1.807) is 11.3 Å². The van der Waals surface area contributed by atoms with Gasteiger partial charge in [0.2, 0.25) is 0 Å². The van der Waals surface area contributed by atoms with E-state index < -0.39 is 0 Å². The number of nitrogens with zero attached hydrogens (tertiary/aromatic N) is 3. The van der Waals surface area contributed by atoms with Crippen LogP contribution >= 0.6 is 35.1 Å². The van der Waals surface area contributed by atoms with Crippen LogP contribution < -0.4 is 4.90 Å². The number of hydrogen-bond acceptors (Lipinski definition) is 5. The Morgan fingerprint density at radius 1 is 1.20 bits per heavy atom. The highest BCUT2D eigenvalue weighted by molar-refractivity contribution is 7.22. The van der Waals surface area contributed by atoms with E-state index in [-0.39, 0.29) is 18.3 Å². The van der Waals surface area contributed by atoms with Crippen molar-refractivity contribution in [2.24, 2.45) is 0 Å². The summed E-state index contributed by atoms with van der Waals surface area (Å²) in [5, 5.41) is 2.72. The van der Waals surface area contributed by atoms with Gasteiger partial charge < -0.3 is 4.90 Å². The van der Waals surface area contributed by atoms with Gasteiger partial charge in [0.25, 0.3) is 5.91 Å². The molecule has 0 spiro atoms. The summed E-state index contributed by atoms with van der Waals surface area (Å²) in [5.41, 5.74) is 2.17. The molecule has 0 N–H and O–H groups in total. The van der Waals surface area contributed by atoms with E-state index in [0.29, 0.717) is 6.54 Å². The lowest BCUT2D eigenvalue weighted by Gasteiger charge is -2.20. The Morgan fingerprint density at radius 3 is 2.68 bits per heavy atom. The third-order valence-corrected chi connectivity index (χ3v) is 5.63. The van der Waals surface area contributed by atoms with Gasteiger partial charge in [-0.15, -0.1) is 23.7 Å². The van der Waals surface area contributed by atoms with Crippen LogP contribution in [0.3, 0.4) is 0 Å². The highest BCUT2D eigenvalue weighted by Gasteiger charge is 2.21. The number of carbonyl (C=O) groups is 1. The van der Waals surface area contributed by atoms with Gasteiger partial charge in [0, 0.05) is 6.54 Å². The third-order valence-electron chi connectivity index (χ3n) is 3.73. The zero-order chi connectivity index (χ0) is 17.1. The van der Waals surface area contributed by atoms with Crippen LogP contribution in [0.1, 0.15) is 21.7 Å². The first-order chi connectivity index (χ1) is 11.5. The predicted octanol–water partition coefficient (Wildman–Crippen LogP) is 4.69. The predicted molar refractivity (Wildman–Crippen MR) is 111 cm³/mol. The molecule has 0 aliphatic heterocycles. The summed E-state index contributed by atoms with van der Waals surface area (Å²) < 4.78 is 1.13. The van der Waals surface area contributed by atoms with Gasteiger partial charge in [-0.05, 0) is 63.1 Å². The van der Waals surface area contributed by atoms with Gasteiger partial charge in [-0.25, -0.2) is 4.98 Å². The minimum Gasteiger partial charge on any atom is -0.309 e. The Labute approximate surface area is 162 Å². The highest BCUT2D eigenvalue weighted by Crippen LogP contribution is 2.31. The molecule has 0 unspecified atom stereocenters. The van der Waals surface area contributed by atoms with E-state index in [9.17, 15) is 4.79 Å². The van der Waals surface area contributed by atoms with Crippen molar-refractivity contribution in [3.63, 3.8) is 0 Å². The number of thiazole rings is 1. The number of fused-ring (bicyclic) bond motifs is 1. The number of amides is 1. The first kappa shape index (κ1) is 19.8. The van der Waals surface area contributed by atoms with E-state index in [1.807, 2.05) is 42.6 Å². The Hall–Kier alpha value is -1.47. The fourth-order valence-corrected chi connectivity index (χ4v) is 4.26. The smallest absolute Gasteiger partial charge is 0.270 e. The Bertz CT molecular complexity index is 830. The monoisotopic (exact) mass is 395 g/mol. The van der Waals surface area contributed by atoms with E-state index in [4.69, 9.17) is 4.98 Å². The molecule has 0 radical (unpaired) electrons. The molecule has 2 aromatic heterocycles. The summed E-state index contributed by atoms with van der Waals surface area (Å²) in [6, 6.07) is 10.0. The Morgan fingerprint density at radius 2 is 2.00 bits per heavy atom. The molecule has 25 heavy (non-hydrogen) atoms. The maximum absolute atomic E-state index is 12.9. The number of thiophene rings is 1. The van der Waals surface area contributed by atoms with Crippen LogP contribution in [0.5, 0.6) is 0 Å². The van der Waals surface area contributed by atoms with E-state index >= 15 is 0 Å². The third kappa shape index (κ3) is 4.79. The van der Waals surface area contributed by atoms with Crippen LogP contribution in [-0.4, -0.2) is 43.0 Å². The zero-order valence-corrected chi connectivity index (χ0v) is 17.0. The van der Waals surface area contributed by atoms with Crippen molar-refractivity contribution in [1.82, 2.24) is 9.88 Å². The zero-order valence-electron chi connectivity index (χ0n) is 14.6. The van der Waals surface area contributed by atoms with Crippen molar-refractivity contribution in [3.05, 3.63) is 46.2 Å². The molecule has 2 heterocycles. The molecule has 0 aliphatic rings. The Kier molecular flexibility index (Phi) is 6.95. The van der Waals surface area contributed by atoms with E-state index in [1.165, 1.54) is 16.9 Å². The molecule has 0 bridgehead atoms. The molecule has 4 nitrogen and oxygen atoms in total. The van der Waals surface area contributed by atoms with Gasteiger partial charge in [-0.2, -0.15) is 0 Å². The number of hydrogen-bond donors (Lipinski definition) is 0. The molecule has 1 amide bonds. The van der Waals surface area contributed by atoms with Crippen molar-refractivity contribution in [1.29, 1.82) is 0 Å². The van der Waals surface area contributed by atoms with Crippen molar-refractivity contribution >= 4 is 56.3 Å². The van der Waals surface area contributed by atoms with Gasteiger partial charge >= 0.3 is 0 Å². The topological polar surface area (TPSA) is 36.4 Å². The standard InChI is InChI=1S/C18H21N3OS2.ClH/c1-13-7-8-14-16(12-13)24-18(19-14)21(10-5-9-20(2)3)17(22)15-6-4-11-23-15;/h4,6-8,11-12H,5,9-10H2,1-3H3;1H. The van der Waals surface area contributed by atoms with Crippen molar-refractivity contribution in [2.75, 3.05) is 32.1 Å². The summed E-state index contributed by atoms with van der Waals surface area (Å²) in [4.78, 5) is 22.3. The Balaban J connectivity index is 0.00000225. The second-order valence-electron chi connectivity index (χ2n) is 6.06. The summed E-state index contributed by atoms with van der Waals surface area (Å²) in [6.45, 7) is 3.69. The summed E-state index contributed by atoms with van der Waals surface area (Å²) in [6.07, 6.45) is 0.916. The highest BCUT2D eigenvalue weighted by atomic mass is 35.5. The minimum atomic E-state index is 0. The molecular formula is C18H22ClN3OS2. The van der Waals surface area contributed by atoms with Crippen LogP contribution in [0.25, 0.3) is 10.2 Å². The molecule has 1 aromatic carbocycles. The van der Waals surface area contributed by atoms with Crippen molar-refractivity contribution in [2.45, 2.75) is 13.3 Å². The maximum Gasteiger partial charge on any atom is 0.270 e. The number of rotatable bonds is 6. The largest absolute Gasteiger partial charge is 0.309 e. The number of aryl methyl sites for hydroxylation is 1.